The number of rotatable bonds is 84. The molecule has 25 nitrogen and oxygen atoms in total. The summed E-state index contributed by atoms with van der Waals surface area (Å²) in [5, 5.41) is 0. The average Bonchev–Trinajstić information content (AvgIpc) is 0.823. The standard InChI is InChI=1S/C87H226O25Si25/c1-53-58-63-68-73-78-83-132(47,108-133(48,84-79-74-69-64-59-54-2)109-134(49,85-80-75-70-65-60-55-3)110-135(50,86-81-76-71-66-61-56-4)111-136(51,87-82-77-72-67-62-57-5)112-137(52,88-6)90-114(10,11)12)107-131(45,46)106-130(43,44)105-129(41,42)104-128(39,40)103-127(37,38)102-126(35,36)101-125(33,34)100-124(31,32)99-123(29,30)98-122(27,28)97-121(25,26)96-120(23,24)95-119(21,22)94-118(19,20)93-117(17,18)92-116(15,16)91-115(13,14)89-113(7,8)9/h53-87H2,1-52H3. The normalized spacial score (nSPS) is 17.3. The largest absolute Gasteiger partial charge is 0.478 e. The van der Waals surface area contributed by atoms with Gasteiger partial charge in [0.05, 0.1) is 0 Å². The maximum atomic E-state index is 8.33. The number of hydrogen-bond donors (Lipinski definition) is 0. The Hall–Kier alpha value is 4.42. The quantitative estimate of drug-likeness (QED) is 0.0407. The van der Waals surface area contributed by atoms with Crippen LogP contribution in [0.1, 0.15) is 227 Å². The zero-order chi connectivity index (χ0) is 107. The van der Waals surface area contributed by atoms with Gasteiger partial charge in [-0.1, -0.05) is 227 Å². The van der Waals surface area contributed by atoms with Gasteiger partial charge in [0.15, 0.2) is 16.6 Å². The minimum absolute atomic E-state index is 0.839. The molecule has 0 rings (SSSR count). The molecule has 0 radical (unpaired) electrons. The van der Waals surface area contributed by atoms with Crippen molar-refractivity contribution in [3.8, 4) is 0 Å². The average molecular weight is 2370 g/mol. The zero-order valence-electron chi connectivity index (χ0n) is 99.5. The fraction of sp³-hybridized carbons (Fsp3) is 1.00. The van der Waals surface area contributed by atoms with E-state index in [1.807, 2.05) is 0 Å². The highest BCUT2D eigenvalue weighted by Crippen LogP contribution is 2.42. The van der Waals surface area contributed by atoms with Gasteiger partial charge in [-0.25, -0.2) is 0 Å². The van der Waals surface area contributed by atoms with Crippen LogP contribution in [0, 0.1) is 0 Å². The van der Waals surface area contributed by atoms with Crippen molar-refractivity contribution in [2.24, 2.45) is 0 Å². The molecule has 0 bridgehead atoms. The van der Waals surface area contributed by atoms with Gasteiger partial charge in [0.2, 0.25) is 0 Å². The molecular weight excluding hydrogens is 2150 g/mol. The fourth-order valence-corrected chi connectivity index (χ4v) is 150. The second-order valence-corrected chi connectivity index (χ2v) is 141. The highest BCUT2D eigenvalue weighted by Gasteiger charge is 2.60. The molecular formula is C87H226O25Si25. The molecule has 0 N–H and O–H groups in total. The molecule has 0 aromatic rings. The van der Waals surface area contributed by atoms with E-state index in [-0.39, 0.29) is 0 Å². The summed E-state index contributed by atoms with van der Waals surface area (Å²) < 4.78 is 182. The molecule has 0 saturated heterocycles. The molecule has 0 aromatic heterocycles. The lowest BCUT2D eigenvalue weighted by Gasteiger charge is -2.48. The first-order valence-electron chi connectivity index (χ1n) is 53.7. The minimum atomic E-state index is -3.22. The summed E-state index contributed by atoms with van der Waals surface area (Å²) in [5.41, 5.74) is 0. The van der Waals surface area contributed by atoms with E-state index in [0.717, 1.165) is 94.4 Å². The van der Waals surface area contributed by atoms with Crippen LogP contribution in [0.3, 0.4) is 0 Å². The number of unbranched alkanes of at least 4 members (excludes halogenated alkanes) is 25. The topological polar surface area (TPSA) is 231 Å². The maximum Gasteiger partial charge on any atom is 0.478 e. The lowest BCUT2D eigenvalue weighted by molar-refractivity contribution is 0.180. The van der Waals surface area contributed by atoms with Gasteiger partial charge in [0.1, 0.15) is 0 Å². The Morgan fingerprint density at radius 2 is 0.234 bits per heavy atom. The first-order valence-corrected chi connectivity index (χ1v) is 123. The molecule has 0 aliphatic heterocycles. The van der Waals surface area contributed by atoms with Crippen LogP contribution in [-0.4, -0.2) is 221 Å². The Labute approximate surface area is 875 Å². The molecule has 0 saturated carbocycles. The Bertz CT molecular complexity index is 3330. The third kappa shape index (κ3) is 69.7. The van der Waals surface area contributed by atoms with Crippen LogP contribution in [0.4, 0.5) is 0 Å². The number of hydrogen-bond acceptors (Lipinski definition) is 25. The summed E-state index contributed by atoms with van der Waals surface area (Å²) in [5.74, 6) is 0. The van der Waals surface area contributed by atoms with E-state index in [0.29, 0.717) is 0 Å². The van der Waals surface area contributed by atoms with E-state index in [1.165, 1.54) is 128 Å². The van der Waals surface area contributed by atoms with Crippen LogP contribution >= 0.6 is 0 Å². The highest BCUT2D eigenvalue weighted by atomic mass is 28.6. The Morgan fingerprint density at radius 1 is 0.117 bits per heavy atom. The Balaban J connectivity index is 7.35. The summed E-state index contributed by atoms with van der Waals surface area (Å²) in [6.45, 7) is 110. The second-order valence-electron chi connectivity index (χ2n) is 49.8. The fourth-order valence-electron chi connectivity index (χ4n) is 20.7. The van der Waals surface area contributed by atoms with Crippen molar-refractivity contribution in [2.45, 2.75) is 559 Å². The van der Waals surface area contributed by atoms with Crippen molar-refractivity contribution in [1.82, 2.24) is 0 Å². The third-order valence-corrected chi connectivity index (χ3v) is 121. The predicted molar refractivity (Wildman–Crippen MR) is 638 cm³/mol. The van der Waals surface area contributed by atoms with Gasteiger partial charge in [0, 0.05) is 13.7 Å². The van der Waals surface area contributed by atoms with Crippen LogP contribution < -0.4 is 0 Å². The maximum absolute atomic E-state index is 8.33. The van der Waals surface area contributed by atoms with Crippen LogP contribution in [0.5, 0.6) is 0 Å². The van der Waals surface area contributed by atoms with Gasteiger partial charge < -0.3 is 103 Å². The molecule has 0 aliphatic carbocycles. The van der Waals surface area contributed by atoms with E-state index >= 15 is 0 Å². The summed E-state index contributed by atoms with van der Waals surface area (Å²) in [6, 6.07) is 4.30. The van der Waals surface area contributed by atoms with Gasteiger partial charge in [0.25, 0.3) is 0 Å². The van der Waals surface area contributed by atoms with Gasteiger partial charge in [-0.3, -0.25) is 0 Å². The summed E-state index contributed by atoms with van der Waals surface area (Å²) in [7, 11) is -70.2. The molecule has 0 aliphatic rings. The third-order valence-electron chi connectivity index (χ3n) is 21.8. The molecule has 137 heavy (non-hydrogen) atoms. The SMILES string of the molecule is CCCCCCCC[Si](C)(O[Si](C)(C)O[Si](C)(C)O[Si](C)(C)O[Si](C)(C)O[Si](C)(C)O[Si](C)(C)O[Si](C)(C)O[Si](C)(C)O[Si](C)(C)O[Si](C)(C)O[Si](C)(C)O[Si](C)(C)O[Si](C)(C)O[Si](C)(C)O[Si](C)(C)O[Si](C)(C)O[Si](C)(C)O[Si](C)(C)C)O[Si](C)(CCCCCCCC)O[Si](C)(CCCCCCCC)O[Si](C)(CCCCCCCC)O[Si](C)(CCCCCCCC)O[Si](C)(OC)O[Si](C)(C)C. The predicted octanol–water partition coefficient (Wildman–Crippen LogP) is 32.4. The lowest BCUT2D eigenvalue weighted by atomic mass is 10.1. The molecule has 0 amide bonds. The van der Waals surface area contributed by atoms with Crippen molar-refractivity contribution >= 4 is 214 Å². The van der Waals surface area contributed by atoms with E-state index in [4.69, 9.17) is 103 Å². The van der Waals surface area contributed by atoms with Crippen molar-refractivity contribution in [1.29, 1.82) is 0 Å². The van der Waals surface area contributed by atoms with Crippen LogP contribution in [-0.2, 0) is 103 Å². The van der Waals surface area contributed by atoms with Gasteiger partial charge in [-0.05, 0) is 325 Å². The summed E-state index contributed by atoms with van der Waals surface area (Å²) >= 11 is 0. The van der Waals surface area contributed by atoms with E-state index < -0.39 is 214 Å². The molecule has 0 fully saturated rings. The lowest BCUT2D eigenvalue weighted by Crippen LogP contribution is -2.65. The van der Waals surface area contributed by atoms with Gasteiger partial charge in [-0.2, -0.15) is 0 Å². The summed E-state index contributed by atoms with van der Waals surface area (Å²) in [6.07, 6.45) is 35.3. The molecule has 824 valence electrons. The first kappa shape index (κ1) is 141. The van der Waals surface area contributed by atoms with Gasteiger partial charge >= 0.3 is 197 Å². The first-order chi connectivity index (χ1) is 61.3. The smallest absolute Gasteiger partial charge is 0.437 e. The molecule has 0 heterocycles. The van der Waals surface area contributed by atoms with Crippen molar-refractivity contribution in [2.75, 3.05) is 7.11 Å². The van der Waals surface area contributed by atoms with Gasteiger partial charge in [-0.15, -0.1) is 0 Å². The van der Waals surface area contributed by atoms with Crippen LogP contribution in [0.25, 0.3) is 0 Å². The van der Waals surface area contributed by atoms with E-state index in [1.54, 1.807) is 7.11 Å². The van der Waals surface area contributed by atoms with Crippen molar-refractivity contribution in [3.63, 3.8) is 0 Å². The second kappa shape index (κ2) is 59.4. The van der Waals surface area contributed by atoms with Crippen molar-refractivity contribution in [3.05, 3.63) is 0 Å². The van der Waals surface area contributed by atoms with Crippen LogP contribution in [0.15, 0.2) is 0 Å². The highest BCUT2D eigenvalue weighted by molar-refractivity contribution is 6.98. The summed E-state index contributed by atoms with van der Waals surface area (Å²) in [4.78, 5) is 0. The molecule has 6 atom stereocenters. The monoisotopic (exact) mass is 2370 g/mol. The Morgan fingerprint density at radius 3 is 0.372 bits per heavy atom. The molecule has 0 aromatic carbocycles. The van der Waals surface area contributed by atoms with Crippen molar-refractivity contribution < 1.29 is 103 Å². The molecule has 50 heteroatoms. The molecule has 6 unspecified atom stereocenters. The Kier molecular flexibility index (Phi) is 61.3. The van der Waals surface area contributed by atoms with Crippen LogP contribution in [0.2, 0.25) is 331 Å². The molecule has 0 spiro atoms. The zero-order valence-corrected chi connectivity index (χ0v) is 124. The minimum Gasteiger partial charge on any atom is -0.437 e. The van der Waals surface area contributed by atoms with E-state index in [2.05, 4.69) is 336 Å². The van der Waals surface area contributed by atoms with E-state index in [9.17, 15) is 0 Å².